The summed E-state index contributed by atoms with van der Waals surface area (Å²) in [4.78, 5) is 11.5. The predicted octanol–water partition coefficient (Wildman–Crippen LogP) is 3.10. The van der Waals surface area contributed by atoms with E-state index in [-0.39, 0.29) is 0 Å². The summed E-state index contributed by atoms with van der Waals surface area (Å²) in [5.41, 5.74) is 7.06. The summed E-state index contributed by atoms with van der Waals surface area (Å²) in [5, 5.41) is 6.96. The Morgan fingerprint density at radius 1 is 1.11 bits per heavy atom. The zero-order valence-electron chi connectivity index (χ0n) is 11.9. The van der Waals surface area contributed by atoms with Crippen LogP contribution in [0.5, 0.6) is 0 Å². The molecular formula is C15H18N2O2. The first-order valence-corrected chi connectivity index (χ1v) is 6.17. The fourth-order valence-corrected chi connectivity index (χ4v) is 2.27. The highest BCUT2D eigenvalue weighted by Crippen LogP contribution is 2.30. The number of benzene rings is 1. The highest BCUT2D eigenvalue weighted by molar-refractivity contribution is 5.89. The SMILES string of the molecule is COC(=O)c1cc(-c2c(C)c(C)cc(C)c2C)n[nH]1. The maximum absolute atomic E-state index is 11.5. The molecule has 0 atom stereocenters. The second kappa shape index (κ2) is 4.88. The highest BCUT2D eigenvalue weighted by Gasteiger charge is 2.16. The molecular weight excluding hydrogens is 240 g/mol. The molecule has 0 aliphatic rings. The van der Waals surface area contributed by atoms with Gasteiger partial charge in [0.2, 0.25) is 0 Å². The van der Waals surface area contributed by atoms with Gasteiger partial charge >= 0.3 is 5.97 Å². The largest absolute Gasteiger partial charge is 0.464 e. The van der Waals surface area contributed by atoms with Crippen molar-refractivity contribution in [2.24, 2.45) is 0 Å². The van der Waals surface area contributed by atoms with Crippen molar-refractivity contribution in [3.8, 4) is 11.3 Å². The monoisotopic (exact) mass is 258 g/mol. The minimum absolute atomic E-state index is 0.371. The third-order valence-electron chi connectivity index (χ3n) is 3.61. The lowest BCUT2D eigenvalue weighted by Gasteiger charge is -2.13. The quantitative estimate of drug-likeness (QED) is 0.842. The highest BCUT2D eigenvalue weighted by atomic mass is 16.5. The van der Waals surface area contributed by atoms with Gasteiger partial charge in [0, 0.05) is 5.56 Å². The average molecular weight is 258 g/mol. The van der Waals surface area contributed by atoms with Crippen molar-refractivity contribution in [1.29, 1.82) is 0 Å². The van der Waals surface area contributed by atoms with E-state index in [1.807, 2.05) is 0 Å². The molecule has 4 nitrogen and oxygen atoms in total. The van der Waals surface area contributed by atoms with E-state index in [1.54, 1.807) is 6.07 Å². The first-order chi connectivity index (χ1) is 8.95. The summed E-state index contributed by atoms with van der Waals surface area (Å²) >= 11 is 0. The molecule has 2 aromatic rings. The van der Waals surface area contributed by atoms with E-state index in [2.05, 4.69) is 48.7 Å². The molecule has 0 saturated heterocycles. The van der Waals surface area contributed by atoms with Gasteiger partial charge in [0.15, 0.2) is 0 Å². The Bertz CT molecular complexity index is 616. The van der Waals surface area contributed by atoms with Crippen molar-refractivity contribution in [1.82, 2.24) is 10.2 Å². The zero-order valence-corrected chi connectivity index (χ0v) is 11.9. The smallest absolute Gasteiger partial charge is 0.356 e. The number of aromatic amines is 1. The predicted molar refractivity (Wildman–Crippen MR) is 74.3 cm³/mol. The summed E-state index contributed by atoms with van der Waals surface area (Å²) < 4.78 is 4.68. The lowest BCUT2D eigenvalue weighted by Crippen LogP contribution is -2.00. The first kappa shape index (κ1) is 13.3. The van der Waals surface area contributed by atoms with Crippen LogP contribution in [-0.4, -0.2) is 23.3 Å². The van der Waals surface area contributed by atoms with Gasteiger partial charge in [0.1, 0.15) is 5.69 Å². The Balaban J connectivity index is 2.59. The Hall–Kier alpha value is -2.10. The van der Waals surface area contributed by atoms with Crippen LogP contribution < -0.4 is 0 Å². The van der Waals surface area contributed by atoms with Crippen molar-refractivity contribution in [2.75, 3.05) is 7.11 Å². The first-order valence-electron chi connectivity index (χ1n) is 6.17. The van der Waals surface area contributed by atoms with Gasteiger partial charge in [-0.25, -0.2) is 4.79 Å². The number of hydrogen-bond donors (Lipinski definition) is 1. The molecule has 0 radical (unpaired) electrons. The van der Waals surface area contributed by atoms with Gasteiger partial charge in [-0.15, -0.1) is 0 Å². The van der Waals surface area contributed by atoms with Crippen molar-refractivity contribution < 1.29 is 9.53 Å². The summed E-state index contributed by atoms with van der Waals surface area (Å²) in [6, 6.07) is 3.90. The van der Waals surface area contributed by atoms with Crippen LogP contribution in [0.25, 0.3) is 11.3 Å². The average Bonchev–Trinajstić information content (AvgIpc) is 2.85. The molecule has 1 heterocycles. The lowest BCUT2D eigenvalue weighted by molar-refractivity contribution is 0.0594. The topological polar surface area (TPSA) is 55.0 Å². The molecule has 2 rings (SSSR count). The van der Waals surface area contributed by atoms with Crippen molar-refractivity contribution in [3.05, 3.63) is 40.1 Å². The molecule has 1 N–H and O–H groups in total. The van der Waals surface area contributed by atoms with Gasteiger partial charge in [0.05, 0.1) is 12.8 Å². The van der Waals surface area contributed by atoms with E-state index in [0.29, 0.717) is 5.69 Å². The number of carbonyl (C=O) groups excluding carboxylic acids is 1. The van der Waals surface area contributed by atoms with Gasteiger partial charge in [-0.3, -0.25) is 5.10 Å². The molecule has 0 amide bonds. The molecule has 1 aromatic carbocycles. The molecule has 0 spiro atoms. The van der Waals surface area contributed by atoms with Crippen LogP contribution in [0.15, 0.2) is 12.1 Å². The molecule has 1 aromatic heterocycles. The summed E-state index contributed by atoms with van der Waals surface area (Å²) in [7, 11) is 1.36. The van der Waals surface area contributed by atoms with Gasteiger partial charge in [-0.05, 0) is 56.0 Å². The molecule has 4 heteroatoms. The number of aryl methyl sites for hydroxylation is 2. The van der Waals surface area contributed by atoms with E-state index in [1.165, 1.54) is 29.4 Å². The second-order valence-electron chi connectivity index (χ2n) is 4.79. The van der Waals surface area contributed by atoms with Crippen LogP contribution in [0.4, 0.5) is 0 Å². The van der Waals surface area contributed by atoms with Crippen LogP contribution in [0, 0.1) is 27.7 Å². The molecule has 100 valence electrons. The standard InChI is InChI=1S/C15H18N2O2/c1-8-6-9(2)11(4)14(10(8)3)12-7-13(17-16-12)15(18)19-5/h6-7H,1-5H3,(H,16,17). The number of rotatable bonds is 2. The Morgan fingerprint density at radius 2 is 1.68 bits per heavy atom. The number of hydrogen-bond acceptors (Lipinski definition) is 3. The number of aromatic nitrogens is 2. The van der Waals surface area contributed by atoms with Gasteiger partial charge < -0.3 is 4.74 Å². The van der Waals surface area contributed by atoms with E-state index in [4.69, 9.17) is 0 Å². The van der Waals surface area contributed by atoms with Crippen LogP contribution in [-0.2, 0) is 4.74 Å². The third-order valence-corrected chi connectivity index (χ3v) is 3.61. The fraction of sp³-hybridized carbons (Fsp3) is 0.333. The van der Waals surface area contributed by atoms with Crippen molar-refractivity contribution in [2.45, 2.75) is 27.7 Å². The van der Waals surface area contributed by atoms with Crippen molar-refractivity contribution in [3.63, 3.8) is 0 Å². The molecule has 0 aliphatic carbocycles. The van der Waals surface area contributed by atoms with Crippen LogP contribution >= 0.6 is 0 Å². The van der Waals surface area contributed by atoms with Gasteiger partial charge in [0.25, 0.3) is 0 Å². The lowest BCUT2D eigenvalue weighted by atomic mass is 9.92. The number of esters is 1. The number of nitrogens with zero attached hydrogens (tertiary/aromatic N) is 1. The number of methoxy groups -OCH3 is 1. The van der Waals surface area contributed by atoms with Crippen LogP contribution in [0.2, 0.25) is 0 Å². The summed E-state index contributed by atoms with van der Waals surface area (Å²) in [6.45, 7) is 8.31. The normalized spacial score (nSPS) is 10.6. The van der Waals surface area contributed by atoms with E-state index < -0.39 is 5.97 Å². The molecule has 0 unspecified atom stereocenters. The zero-order chi connectivity index (χ0) is 14.2. The van der Waals surface area contributed by atoms with Crippen LogP contribution in [0.1, 0.15) is 32.7 Å². The molecule has 0 fully saturated rings. The van der Waals surface area contributed by atoms with E-state index in [9.17, 15) is 4.79 Å². The third kappa shape index (κ3) is 2.26. The molecule has 0 aliphatic heterocycles. The Morgan fingerprint density at radius 3 is 2.21 bits per heavy atom. The van der Waals surface area contributed by atoms with Gasteiger partial charge in [-0.1, -0.05) is 6.07 Å². The Labute approximate surface area is 112 Å². The van der Waals surface area contributed by atoms with Crippen LogP contribution in [0.3, 0.4) is 0 Å². The summed E-state index contributed by atoms with van der Waals surface area (Å²) in [6.07, 6.45) is 0. The number of H-pyrrole nitrogens is 1. The second-order valence-corrected chi connectivity index (χ2v) is 4.79. The number of carbonyl (C=O) groups is 1. The minimum atomic E-state index is -0.404. The molecule has 19 heavy (non-hydrogen) atoms. The number of nitrogens with one attached hydrogen (secondary N) is 1. The fourth-order valence-electron chi connectivity index (χ4n) is 2.27. The molecule has 0 bridgehead atoms. The minimum Gasteiger partial charge on any atom is -0.464 e. The van der Waals surface area contributed by atoms with Gasteiger partial charge in [-0.2, -0.15) is 5.10 Å². The number of ether oxygens (including phenoxy) is 1. The van der Waals surface area contributed by atoms with Crippen molar-refractivity contribution >= 4 is 5.97 Å². The molecule has 0 saturated carbocycles. The maximum Gasteiger partial charge on any atom is 0.356 e. The van der Waals surface area contributed by atoms with E-state index >= 15 is 0 Å². The maximum atomic E-state index is 11.5. The van der Waals surface area contributed by atoms with E-state index in [0.717, 1.165) is 11.3 Å². The Kier molecular flexibility index (Phi) is 3.42. The summed E-state index contributed by atoms with van der Waals surface area (Å²) in [5.74, 6) is -0.404.